The first-order chi connectivity index (χ1) is 6.59. The number of carboxylic acids is 1. The van der Waals surface area contributed by atoms with Gasteiger partial charge in [-0.1, -0.05) is 0 Å². The molecule has 76 valence electrons. The SMILES string of the molecule is Cc1cc(SCCC(=O)O)ncc1Br. The number of aromatic nitrogens is 1. The Labute approximate surface area is 95.1 Å². The number of nitrogens with zero attached hydrogens (tertiary/aromatic N) is 1. The van der Waals surface area contributed by atoms with Crippen LogP contribution in [-0.4, -0.2) is 21.8 Å². The zero-order valence-corrected chi connectivity index (χ0v) is 10.1. The van der Waals surface area contributed by atoms with Crippen molar-refractivity contribution in [2.45, 2.75) is 18.4 Å². The van der Waals surface area contributed by atoms with Crippen LogP contribution in [0.3, 0.4) is 0 Å². The van der Waals surface area contributed by atoms with Gasteiger partial charge in [-0.3, -0.25) is 4.79 Å². The number of thioether (sulfide) groups is 1. The van der Waals surface area contributed by atoms with Gasteiger partial charge in [-0.2, -0.15) is 0 Å². The summed E-state index contributed by atoms with van der Waals surface area (Å²) in [6.07, 6.45) is 1.90. The van der Waals surface area contributed by atoms with Gasteiger partial charge in [-0.15, -0.1) is 11.8 Å². The van der Waals surface area contributed by atoms with Gasteiger partial charge in [0.25, 0.3) is 0 Å². The summed E-state index contributed by atoms with van der Waals surface area (Å²) in [5.41, 5.74) is 1.11. The van der Waals surface area contributed by atoms with Crippen LogP contribution >= 0.6 is 27.7 Å². The van der Waals surface area contributed by atoms with Crippen molar-refractivity contribution >= 4 is 33.7 Å². The van der Waals surface area contributed by atoms with E-state index >= 15 is 0 Å². The monoisotopic (exact) mass is 275 g/mol. The number of carbonyl (C=O) groups is 1. The van der Waals surface area contributed by atoms with E-state index in [1.54, 1.807) is 6.20 Å². The minimum atomic E-state index is -0.772. The number of aryl methyl sites for hydroxylation is 1. The molecule has 1 aromatic rings. The van der Waals surface area contributed by atoms with E-state index in [9.17, 15) is 4.79 Å². The molecule has 0 atom stereocenters. The zero-order valence-electron chi connectivity index (χ0n) is 7.66. The zero-order chi connectivity index (χ0) is 10.6. The van der Waals surface area contributed by atoms with E-state index in [1.807, 2.05) is 13.0 Å². The first-order valence-corrected chi connectivity index (χ1v) is 5.84. The molecule has 1 heterocycles. The maximum Gasteiger partial charge on any atom is 0.304 e. The summed E-state index contributed by atoms with van der Waals surface area (Å²) in [5.74, 6) is -0.213. The number of aliphatic carboxylic acids is 1. The Kier molecular flexibility index (Phi) is 4.41. The van der Waals surface area contributed by atoms with E-state index < -0.39 is 5.97 Å². The van der Waals surface area contributed by atoms with E-state index in [4.69, 9.17) is 5.11 Å². The number of halogens is 1. The van der Waals surface area contributed by atoms with E-state index in [2.05, 4.69) is 20.9 Å². The summed E-state index contributed by atoms with van der Waals surface area (Å²) in [6, 6.07) is 1.94. The molecule has 1 aromatic heterocycles. The van der Waals surface area contributed by atoms with Crippen LogP contribution in [0.15, 0.2) is 21.8 Å². The van der Waals surface area contributed by atoms with Gasteiger partial charge in [0, 0.05) is 16.4 Å². The maximum atomic E-state index is 10.3. The van der Waals surface area contributed by atoms with Gasteiger partial charge in [-0.05, 0) is 34.5 Å². The van der Waals surface area contributed by atoms with E-state index in [1.165, 1.54) is 11.8 Å². The Hall–Kier alpha value is -0.550. The van der Waals surface area contributed by atoms with Gasteiger partial charge in [0.15, 0.2) is 0 Å². The Bertz CT molecular complexity index is 344. The third-order valence-corrected chi connectivity index (χ3v) is 3.35. The van der Waals surface area contributed by atoms with Crippen LogP contribution in [-0.2, 0) is 4.79 Å². The largest absolute Gasteiger partial charge is 0.481 e. The number of rotatable bonds is 4. The number of carboxylic acid groups (broad SMARTS) is 1. The number of hydrogen-bond donors (Lipinski definition) is 1. The predicted molar refractivity (Wildman–Crippen MR) is 59.7 cm³/mol. The van der Waals surface area contributed by atoms with E-state index in [0.29, 0.717) is 5.75 Å². The highest BCUT2D eigenvalue weighted by molar-refractivity contribution is 9.10. The fourth-order valence-electron chi connectivity index (χ4n) is 0.835. The van der Waals surface area contributed by atoms with Gasteiger partial charge >= 0.3 is 5.97 Å². The molecule has 0 aromatic carbocycles. The summed E-state index contributed by atoms with van der Waals surface area (Å²) >= 11 is 4.81. The molecule has 0 aliphatic heterocycles. The second-order valence-electron chi connectivity index (χ2n) is 2.76. The highest BCUT2D eigenvalue weighted by atomic mass is 79.9. The van der Waals surface area contributed by atoms with Crippen LogP contribution < -0.4 is 0 Å². The number of hydrogen-bond acceptors (Lipinski definition) is 3. The molecule has 0 saturated heterocycles. The van der Waals surface area contributed by atoms with Gasteiger partial charge in [-0.25, -0.2) is 4.98 Å². The minimum absolute atomic E-state index is 0.168. The van der Waals surface area contributed by atoms with Crippen molar-refractivity contribution in [3.05, 3.63) is 22.3 Å². The summed E-state index contributed by atoms with van der Waals surface area (Å²) in [6.45, 7) is 1.98. The summed E-state index contributed by atoms with van der Waals surface area (Å²) in [7, 11) is 0. The second-order valence-corrected chi connectivity index (χ2v) is 4.73. The normalized spacial score (nSPS) is 10.1. The molecule has 0 aliphatic rings. The Morgan fingerprint density at radius 2 is 2.43 bits per heavy atom. The van der Waals surface area contributed by atoms with Crippen molar-refractivity contribution in [2.24, 2.45) is 0 Å². The molecule has 0 aliphatic carbocycles. The lowest BCUT2D eigenvalue weighted by Crippen LogP contribution is -1.96. The predicted octanol–water partition coefficient (Wildman–Crippen LogP) is 2.72. The van der Waals surface area contributed by atoms with Crippen LogP contribution in [0.5, 0.6) is 0 Å². The molecule has 0 amide bonds. The quantitative estimate of drug-likeness (QED) is 0.859. The van der Waals surface area contributed by atoms with Crippen molar-refractivity contribution in [3.8, 4) is 0 Å². The van der Waals surface area contributed by atoms with Crippen LogP contribution in [0.4, 0.5) is 0 Å². The molecule has 14 heavy (non-hydrogen) atoms. The van der Waals surface area contributed by atoms with Crippen LogP contribution in [0, 0.1) is 6.92 Å². The topological polar surface area (TPSA) is 50.2 Å². The lowest BCUT2D eigenvalue weighted by molar-refractivity contribution is -0.136. The van der Waals surface area contributed by atoms with Crippen LogP contribution in [0.1, 0.15) is 12.0 Å². The lowest BCUT2D eigenvalue weighted by Gasteiger charge is -2.01. The maximum absolute atomic E-state index is 10.3. The molecule has 3 nitrogen and oxygen atoms in total. The lowest BCUT2D eigenvalue weighted by atomic mass is 10.3. The highest BCUT2D eigenvalue weighted by Crippen LogP contribution is 2.21. The molecule has 1 N–H and O–H groups in total. The van der Waals surface area contributed by atoms with Gasteiger partial charge in [0.05, 0.1) is 11.4 Å². The molecule has 0 unspecified atom stereocenters. The molecule has 0 bridgehead atoms. The number of pyridine rings is 1. The van der Waals surface area contributed by atoms with Gasteiger partial charge in [0.2, 0.25) is 0 Å². The Morgan fingerprint density at radius 3 is 3.00 bits per heavy atom. The molecular formula is C9H10BrNO2S. The van der Waals surface area contributed by atoms with Crippen molar-refractivity contribution in [1.29, 1.82) is 0 Å². The van der Waals surface area contributed by atoms with Gasteiger partial charge in [0.1, 0.15) is 0 Å². The smallest absolute Gasteiger partial charge is 0.304 e. The van der Waals surface area contributed by atoms with Gasteiger partial charge < -0.3 is 5.11 Å². The van der Waals surface area contributed by atoms with Crippen molar-refractivity contribution in [3.63, 3.8) is 0 Å². The molecule has 0 fully saturated rings. The molecule has 0 saturated carbocycles. The fraction of sp³-hybridized carbons (Fsp3) is 0.333. The third-order valence-electron chi connectivity index (χ3n) is 1.59. The molecule has 0 spiro atoms. The third kappa shape index (κ3) is 3.67. The fourth-order valence-corrected chi connectivity index (χ4v) is 1.93. The highest BCUT2D eigenvalue weighted by Gasteiger charge is 2.01. The Balaban J connectivity index is 2.51. The van der Waals surface area contributed by atoms with E-state index in [0.717, 1.165) is 15.1 Å². The van der Waals surface area contributed by atoms with Crippen LogP contribution in [0.25, 0.3) is 0 Å². The molecule has 5 heteroatoms. The minimum Gasteiger partial charge on any atom is -0.481 e. The van der Waals surface area contributed by atoms with Crippen molar-refractivity contribution in [1.82, 2.24) is 4.98 Å². The summed E-state index contributed by atoms with van der Waals surface area (Å²) in [4.78, 5) is 14.4. The first kappa shape index (κ1) is 11.5. The van der Waals surface area contributed by atoms with Crippen molar-refractivity contribution < 1.29 is 9.90 Å². The first-order valence-electron chi connectivity index (χ1n) is 4.06. The van der Waals surface area contributed by atoms with E-state index in [-0.39, 0.29) is 6.42 Å². The average molecular weight is 276 g/mol. The second kappa shape index (κ2) is 5.36. The average Bonchev–Trinajstić information content (AvgIpc) is 2.10. The molecule has 1 rings (SSSR count). The molecular weight excluding hydrogens is 266 g/mol. The van der Waals surface area contributed by atoms with Crippen molar-refractivity contribution in [2.75, 3.05) is 5.75 Å². The standard InChI is InChI=1S/C9H10BrNO2S/c1-6-4-8(11-5-7(6)10)14-3-2-9(12)13/h4-5H,2-3H2,1H3,(H,12,13). The Morgan fingerprint density at radius 1 is 1.71 bits per heavy atom. The summed E-state index contributed by atoms with van der Waals surface area (Å²) in [5, 5.41) is 9.32. The summed E-state index contributed by atoms with van der Waals surface area (Å²) < 4.78 is 0.972. The molecule has 0 radical (unpaired) electrons. The van der Waals surface area contributed by atoms with Crippen LogP contribution in [0.2, 0.25) is 0 Å².